The van der Waals surface area contributed by atoms with Crippen LogP contribution in [0.3, 0.4) is 0 Å². The fraction of sp³-hybridized carbons (Fsp3) is 0.609. The number of nitrogens with zero attached hydrogens (tertiary/aromatic N) is 5. The Labute approximate surface area is 350 Å². The van der Waals surface area contributed by atoms with E-state index < -0.39 is 5.92 Å². The molecule has 59 heavy (non-hydrogen) atoms. The van der Waals surface area contributed by atoms with Gasteiger partial charge in [0.25, 0.3) is 5.92 Å². The Hall–Kier alpha value is -3.88. The molecule has 0 unspecified atom stereocenters. The van der Waals surface area contributed by atoms with Crippen molar-refractivity contribution < 1.29 is 32.5 Å². The molecule has 6 rings (SSSR count). The number of hydrogen-bond acceptors (Lipinski definition) is 9. The molecule has 13 heteroatoms. The molecule has 2 aromatic carbocycles. The van der Waals surface area contributed by atoms with Gasteiger partial charge in [-0.15, -0.1) is 0 Å². The monoisotopic (exact) mass is 823 g/mol. The Morgan fingerprint density at radius 2 is 1.59 bits per heavy atom. The Kier molecular flexibility index (Phi) is 18.6. The predicted molar refractivity (Wildman–Crippen MR) is 229 cm³/mol. The van der Waals surface area contributed by atoms with Gasteiger partial charge in [-0.05, 0) is 108 Å². The van der Waals surface area contributed by atoms with Crippen LogP contribution in [0.15, 0.2) is 60.9 Å². The van der Waals surface area contributed by atoms with E-state index in [1.165, 1.54) is 43.4 Å². The molecule has 0 radical (unpaired) electrons. The minimum Gasteiger partial charge on any atom is -0.491 e. The van der Waals surface area contributed by atoms with E-state index in [9.17, 15) is 8.78 Å². The molecule has 0 bridgehead atoms. The predicted octanol–water partition coefficient (Wildman–Crippen LogP) is 9.29. The third-order valence-corrected chi connectivity index (χ3v) is 11.0. The minimum atomic E-state index is -2.97. The average Bonchev–Trinajstić information content (AvgIpc) is 3.88. The third-order valence-electron chi connectivity index (χ3n) is 11.0. The first kappa shape index (κ1) is 46.2. The molecule has 1 N–H and O–H groups in total. The van der Waals surface area contributed by atoms with E-state index in [0.29, 0.717) is 37.3 Å². The van der Waals surface area contributed by atoms with Crippen molar-refractivity contribution in [2.75, 3.05) is 67.3 Å². The standard InChI is InChI=1S/C26H39N3O3.C20H29F2N3O2/c1-3-4-12-29(2)19-22-18-27-28-26(22)21-5-7-23(8-6-21)32-25-16-24(17-25)31-15-11-20-9-13-30-14-10-20;1-5-6-9-24(3)15-17-7-8-23-25(17)18-12-16(20(2,21)22)13-19(14-18)27-11-10-26-4/h5-8,18,20,24-25H,3-4,9-17,19H2,1-2H3,(H,27,28);7-8,12-14H,5-6,9-11,15H2,1-4H3. The van der Waals surface area contributed by atoms with Gasteiger partial charge in [-0.3, -0.25) is 5.10 Å². The number of alkyl halides is 2. The quantitative estimate of drug-likeness (QED) is 0.0735. The first-order valence-electron chi connectivity index (χ1n) is 21.6. The maximum atomic E-state index is 14.0. The van der Waals surface area contributed by atoms with E-state index in [1.807, 2.05) is 19.3 Å². The SMILES string of the molecule is CCCCN(C)Cc1ccnn1-c1cc(OCCOC)cc(C(C)(F)F)c1.CCCCN(C)Cc1cn[nH]c1-c1ccc(OC2CC(OCCC3CCOCC3)C2)cc1. The van der Waals surface area contributed by atoms with Crippen molar-refractivity contribution in [2.24, 2.45) is 5.92 Å². The largest absolute Gasteiger partial charge is 0.491 e. The molecule has 1 saturated heterocycles. The average molecular weight is 823 g/mol. The molecule has 2 aromatic heterocycles. The van der Waals surface area contributed by atoms with Gasteiger partial charge in [-0.1, -0.05) is 26.7 Å². The second kappa shape index (κ2) is 23.8. The molecule has 1 aliphatic carbocycles. The van der Waals surface area contributed by atoms with E-state index in [-0.39, 0.29) is 11.7 Å². The summed E-state index contributed by atoms with van der Waals surface area (Å²) in [5.74, 6) is -0.885. The van der Waals surface area contributed by atoms with Crippen LogP contribution in [0.4, 0.5) is 8.78 Å². The molecule has 0 amide bonds. The Morgan fingerprint density at radius 1 is 0.881 bits per heavy atom. The molecule has 11 nitrogen and oxygen atoms in total. The lowest BCUT2D eigenvalue weighted by molar-refractivity contribution is -0.0665. The number of ether oxygens (including phenoxy) is 5. The second-order valence-corrected chi connectivity index (χ2v) is 16.2. The highest BCUT2D eigenvalue weighted by atomic mass is 19.3. The first-order chi connectivity index (χ1) is 28.6. The number of aromatic nitrogens is 4. The van der Waals surface area contributed by atoms with Crippen molar-refractivity contribution in [2.45, 2.75) is 110 Å². The van der Waals surface area contributed by atoms with Crippen molar-refractivity contribution in [1.82, 2.24) is 29.8 Å². The zero-order valence-electron chi connectivity index (χ0n) is 36.3. The summed E-state index contributed by atoms with van der Waals surface area (Å²) in [6, 6.07) is 14.9. The fourth-order valence-corrected chi connectivity index (χ4v) is 7.31. The minimum absolute atomic E-state index is 0.104. The highest BCUT2D eigenvalue weighted by Gasteiger charge is 2.32. The molecule has 2 fully saturated rings. The van der Waals surface area contributed by atoms with Crippen LogP contribution in [0.2, 0.25) is 0 Å². The highest BCUT2D eigenvalue weighted by Crippen LogP contribution is 2.33. The summed E-state index contributed by atoms with van der Waals surface area (Å²) in [6.07, 6.45) is 14.4. The van der Waals surface area contributed by atoms with E-state index in [2.05, 4.69) is 70.3 Å². The third kappa shape index (κ3) is 15.0. The van der Waals surface area contributed by atoms with Gasteiger partial charge >= 0.3 is 0 Å². The van der Waals surface area contributed by atoms with Gasteiger partial charge in [0.2, 0.25) is 0 Å². The Morgan fingerprint density at radius 3 is 2.27 bits per heavy atom. The number of H-pyrrole nitrogens is 1. The van der Waals surface area contributed by atoms with Crippen LogP contribution in [0, 0.1) is 5.92 Å². The number of halogens is 2. The fourth-order valence-electron chi connectivity index (χ4n) is 7.31. The van der Waals surface area contributed by atoms with Crippen LogP contribution in [-0.2, 0) is 33.2 Å². The van der Waals surface area contributed by atoms with Crippen molar-refractivity contribution in [1.29, 1.82) is 0 Å². The van der Waals surface area contributed by atoms with Crippen LogP contribution in [-0.4, -0.2) is 109 Å². The van der Waals surface area contributed by atoms with E-state index in [0.717, 1.165) is 107 Å². The molecule has 1 saturated carbocycles. The van der Waals surface area contributed by atoms with Gasteiger partial charge in [0.15, 0.2) is 0 Å². The molecule has 326 valence electrons. The number of benzene rings is 2. The van der Waals surface area contributed by atoms with E-state index >= 15 is 0 Å². The number of methoxy groups -OCH3 is 1. The maximum Gasteiger partial charge on any atom is 0.270 e. The number of aromatic amines is 1. The summed E-state index contributed by atoms with van der Waals surface area (Å²) in [4.78, 5) is 4.55. The van der Waals surface area contributed by atoms with Crippen molar-refractivity contribution in [3.63, 3.8) is 0 Å². The topological polar surface area (TPSA) is 99.1 Å². The van der Waals surface area contributed by atoms with Crippen LogP contribution in [0.25, 0.3) is 16.9 Å². The zero-order chi connectivity index (χ0) is 42.0. The summed E-state index contributed by atoms with van der Waals surface area (Å²) in [7, 11) is 5.78. The second-order valence-electron chi connectivity index (χ2n) is 16.2. The summed E-state index contributed by atoms with van der Waals surface area (Å²) in [5.41, 5.74) is 4.88. The maximum absolute atomic E-state index is 14.0. The van der Waals surface area contributed by atoms with Crippen molar-refractivity contribution in [3.8, 4) is 28.4 Å². The van der Waals surface area contributed by atoms with Crippen molar-refractivity contribution >= 4 is 0 Å². The number of unbranched alkanes of at least 4 members (excludes halogenated alkanes) is 2. The lowest BCUT2D eigenvalue weighted by Gasteiger charge is -2.35. The molecule has 4 aromatic rings. The Bertz CT molecular complexity index is 1770. The van der Waals surface area contributed by atoms with Gasteiger partial charge in [-0.2, -0.15) is 10.2 Å². The van der Waals surface area contributed by atoms with Crippen LogP contribution in [0.1, 0.15) is 95.4 Å². The molecule has 0 spiro atoms. The molecule has 1 aliphatic heterocycles. The number of nitrogens with one attached hydrogen (secondary N) is 1. The van der Waals surface area contributed by atoms with Gasteiger partial charge in [-0.25, -0.2) is 13.5 Å². The van der Waals surface area contributed by atoms with Crippen molar-refractivity contribution in [3.05, 3.63) is 77.7 Å². The molecule has 3 heterocycles. The Balaban J connectivity index is 0.000000228. The van der Waals surface area contributed by atoms with Gasteiger partial charge in [0.1, 0.15) is 24.2 Å². The normalized spacial score (nSPS) is 17.2. The summed E-state index contributed by atoms with van der Waals surface area (Å²) < 4.78 is 57.8. The number of rotatable bonds is 23. The molecule has 2 aliphatic rings. The smallest absolute Gasteiger partial charge is 0.270 e. The first-order valence-corrected chi connectivity index (χ1v) is 21.6. The van der Waals surface area contributed by atoms with Gasteiger partial charge < -0.3 is 33.5 Å². The van der Waals surface area contributed by atoms with Gasteiger partial charge in [0, 0.05) is 88.7 Å². The van der Waals surface area contributed by atoms with Gasteiger partial charge in [0.05, 0.1) is 36.0 Å². The summed E-state index contributed by atoms with van der Waals surface area (Å²) in [6.45, 7) is 12.3. The van der Waals surface area contributed by atoms with Crippen LogP contribution >= 0.6 is 0 Å². The summed E-state index contributed by atoms with van der Waals surface area (Å²) in [5, 5.41) is 11.8. The van der Waals surface area contributed by atoms with E-state index in [4.69, 9.17) is 23.7 Å². The lowest BCUT2D eigenvalue weighted by atomic mass is 9.91. The van der Waals surface area contributed by atoms with Crippen LogP contribution in [0.5, 0.6) is 11.5 Å². The highest BCUT2D eigenvalue weighted by molar-refractivity contribution is 5.63. The summed E-state index contributed by atoms with van der Waals surface area (Å²) >= 11 is 0. The number of hydrogen-bond donors (Lipinski definition) is 1. The van der Waals surface area contributed by atoms with Crippen LogP contribution < -0.4 is 9.47 Å². The molecule has 0 atom stereocenters. The zero-order valence-corrected chi connectivity index (χ0v) is 36.3. The van der Waals surface area contributed by atoms with E-state index in [1.54, 1.807) is 24.1 Å². The lowest BCUT2D eigenvalue weighted by Crippen LogP contribution is -2.39. The molecular formula is C46H68F2N6O5. The molecular weight excluding hydrogens is 755 g/mol.